The van der Waals surface area contributed by atoms with Crippen molar-refractivity contribution in [3.8, 4) is 0 Å². The summed E-state index contributed by atoms with van der Waals surface area (Å²) in [5.74, 6) is 0.336. The molecule has 1 aromatic rings. The van der Waals surface area contributed by atoms with Gasteiger partial charge in [0.1, 0.15) is 0 Å². The lowest BCUT2D eigenvalue weighted by Gasteiger charge is -2.26. The Morgan fingerprint density at radius 3 is 2.36 bits per heavy atom. The van der Waals surface area contributed by atoms with Crippen LogP contribution in [0, 0.1) is 13.8 Å². The van der Waals surface area contributed by atoms with E-state index in [4.69, 9.17) is 0 Å². The van der Waals surface area contributed by atoms with Crippen LogP contribution in [-0.4, -0.2) is 31.9 Å². The minimum absolute atomic E-state index is 0.000370. The quantitative estimate of drug-likeness (QED) is 0.926. The molecule has 4 nitrogen and oxygen atoms in total. The van der Waals surface area contributed by atoms with E-state index in [1.807, 2.05) is 13.8 Å². The summed E-state index contributed by atoms with van der Waals surface area (Å²) >= 11 is 0. The maximum atomic E-state index is 12.7. The molecule has 1 amide bonds. The Balaban J connectivity index is 1.77. The summed E-state index contributed by atoms with van der Waals surface area (Å²) < 4.78 is 23.4. The summed E-state index contributed by atoms with van der Waals surface area (Å²) in [6.07, 6.45) is 3.10. The molecule has 3 rings (SSSR count). The molecule has 1 aliphatic heterocycles. The number of benzene rings is 1. The van der Waals surface area contributed by atoms with Gasteiger partial charge in [-0.3, -0.25) is 4.79 Å². The van der Waals surface area contributed by atoms with E-state index < -0.39 is 15.3 Å². The zero-order chi connectivity index (χ0) is 16.0. The Morgan fingerprint density at radius 2 is 1.82 bits per heavy atom. The van der Waals surface area contributed by atoms with Crippen molar-refractivity contribution in [3.63, 3.8) is 0 Å². The second kappa shape index (κ2) is 5.37. The van der Waals surface area contributed by atoms with E-state index in [0.29, 0.717) is 6.42 Å². The van der Waals surface area contributed by atoms with Crippen LogP contribution in [-0.2, 0) is 20.0 Å². The monoisotopic (exact) mass is 321 g/mol. The molecule has 5 heteroatoms. The topological polar surface area (TPSA) is 63.2 Å². The lowest BCUT2D eigenvalue weighted by molar-refractivity contribution is -0.124. The minimum atomic E-state index is -3.00. The predicted molar refractivity (Wildman–Crippen MR) is 86.6 cm³/mol. The molecule has 0 radical (unpaired) electrons. The van der Waals surface area contributed by atoms with Crippen molar-refractivity contribution in [2.24, 2.45) is 0 Å². The normalized spacial score (nSPS) is 25.5. The smallest absolute Gasteiger partial charge is 0.230 e. The number of aryl methyl sites for hydroxylation is 2. The van der Waals surface area contributed by atoms with Gasteiger partial charge in [-0.25, -0.2) is 8.42 Å². The molecule has 0 aromatic heterocycles. The Morgan fingerprint density at radius 1 is 1.18 bits per heavy atom. The van der Waals surface area contributed by atoms with Crippen LogP contribution in [0.15, 0.2) is 18.2 Å². The van der Waals surface area contributed by atoms with E-state index in [1.54, 1.807) is 0 Å². The molecule has 1 saturated heterocycles. The fourth-order valence-electron chi connectivity index (χ4n) is 3.48. The highest BCUT2D eigenvalue weighted by atomic mass is 32.2. The molecule has 2 aliphatic rings. The Kier molecular flexibility index (Phi) is 3.79. The van der Waals surface area contributed by atoms with Gasteiger partial charge in [0, 0.05) is 6.04 Å². The van der Waals surface area contributed by atoms with E-state index in [2.05, 4.69) is 23.5 Å². The highest BCUT2D eigenvalue weighted by molar-refractivity contribution is 7.91. The number of carbonyl (C=O) groups excluding carboxylic acids is 1. The highest BCUT2D eigenvalue weighted by Crippen LogP contribution is 2.49. The van der Waals surface area contributed by atoms with Crippen LogP contribution in [0.25, 0.3) is 0 Å². The van der Waals surface area contributed by atoms with Crippen molar-refractivity contribution in [1.82, 2.24) is 5.32 Å². The first-order valence-corrected chi connectivity index (χ1v) is 9.73. The maximum absolute atomic E-state index is 12.7. The van der Waals surface area contributed by atoms with Crippen LogP contribution in [0.1, 0.15) is 42.4 Å². The number of amides is 1. The van der Waals surface area contributed by atoms with E-state index in [9.17, 15) is 13.2 Å². The first-order chi connectivity index (χ1) is 10.3. The molecule has 1 N–H and O–H groups in total. The third kappa shape index (κ3) is 3.05. The molecule has 1 atom stereocenters. The van der Waals surface area contributed by atoms with Gasteiger partial charge in [0.05, 0.1) is 16.9 Å². The standard InChI is InChI=1S/C17H23NO3S/c1-12-8-13(2)10-14(9-12)17(5-6-17)16(19)18-15-4-3-7-22(20,21)11-15/h8-10,15H,3-7,11H2,1-2H3,(H,18,19)/t15-/m0/s1. The molecule has 0 spiro atoms. The van der Waals surface area contributed by atoms with Crippen LogP contribution in [0.5, 0.6) is 0 Å². The summed E-state index contributed by atoms with van der Waals surface area (Å²) in [5.41, 5.74) is 2.96. The summed E-state index contributed by atoms with van der Waals surface area (Å²) in [6, 6.07) is 6.04. The van der Waals surface area contributed by atoms with Crippen molar-refractivity contribution >= 4 is 15.7 Å². The molecule has 1 aliphatic carbocycles. The van der Waals surface area contributed by atoms with Crippen molar-refractivity contribution < 1.29 is 13.2 Å². The number of carbonyl (C=O) groups is 1. The zero-order valence-electron chi connectivity index (χ0n) is 13.2. The van der Waals surface area contributed by atoms with Crippen molar-refractivity contribution in [3.05, 3.63) is 34.9 Å². The lowest BCUT2D eigenvalue weighted by Crippen LogP contribution is -2.47. The summed E-state index contributed by atoms with van der Waals surface area (Å²) in [7, 11) is -3.00. The van der Waals surface area contributed by atoms with E-state index in [1.165, 1.54) is 0 Å². The van der Waals surface area contributed by atoms with Crippen molar-refractivity contribution in [2.75, 3.05) is 11.5 Å². The lowest BCUT2D eigenvalue weighted by atomic mass is 9.91. The minimum Gasteiger partial charge on any atom is -0.352 e. The fraction of sp³-hybridized carbons (Fsp3) is 0.588. The van der Waals surface area contributed by atoms with Crippen LogP contribution in [0.4, 0.5) is 0 Å². The zero-order valence-corrected chi connectivity index (χ0v) is 14.0. The first-order valence-electron chi connectivity index (χ1n) is 7.91. The van der Waals surface area contributed by atoms with Gasteiger partial charge in [-0.05, 0) is 45.1 Å². The van der Waals surface area contributed by atoms with Crippen LogP contribution >= 0.6 is 0 Å². The van der Waals surface area contributed by atoms with Gasteiger partial charge in [-0.15, -0.1) is 0 Å². The largest absolute Gasteiger partial charge is 0.352 e. The molecular formula is C17H23NO3S. The average Bonchev–Trinajstić information content (AvgIpc) is 3.17. The second-order valence-electron chi connectivity index (χ2n) is 6.89. The third-order valence-corrected chi connectivity index (χ3v) is 6.58. The van der Waals surface area contributed by atoms with Crippen molar-refractivity contribution in [1.29, 1.82) is 0 Å². The predicted octanol–water partition coefficient (Wildman–Crippen LogP) is 2.03. The van der Waals surface area contributed by atoms with Crippen LogP contribution < -0.4 is 5.32 Å². The van der Waals surface area contributed by atoms with Gasteiger partial charge < -0.3 is 5.32 Å². The van der Waals surface area contributed by atoms with Crippen LogP contribution in [0.3, 0.4) is 0 Å². The van der Waals surface area contributed by atoms with Gasteiger partial charge in [0.2, 0.25) is 5.91 Å². The number of hydrogen-bond acceptors (Lipinski definition) is 3. The second-order valence-corrected chi connectivity index (χ2v) is 9.11. The molecular weight excluding hydrogens is 298 g/mol. The Labute approximate surface area is 132 Å². The molecule has 0 bridgehead atoms. The number of sulfone groups is 1. The molecule has 2 fully saturated rings. The van der Waals surface area contributed by atoms with E-state index >= 15 is 0 Å². The Bertz CT molecular complexity index is 684. The number of rotatable bonds is 3. The van der Waals surface area contributed by atoms with Crippen molar-refractivity contribution in [2.45, 2.75) is 51.0 Å². The maximum Gasteiger partial charge on any atom is 0.230 e. The van der Waals surface area contributed by atoms with Gasteiger partial charge in [0.25, 0.3) is 0 Å². The van der Waals surface area contributed by atoms with E-state index in [-0.39, 0.29) is 23.5 Å². The van der Waals surface area contributed by atoms with Gasteiger partial charge in [0.15, 0.2) is 9.84 Å². The SMILES string of the molecule is Cc1cc(C)cc(C2(C(=O)N[C@H]3CCCS(=O)(=O)C3)CC2)c1. The number of hydrogen-bond donors (Lipinski definition) is 1. The fourth-order valence-corrected chi connectivity index (χ4v) is 5.12. The highest BCUT2D eigenvalue weighted by Gasteiger charge is 2.51. The Hall–Kier alpha value is -1.36. The molecule has 22 heavy (non-hydrogen) atoms. The summed E-state index contributed by atoms with van der Waals surface area (Å²) in [6.45, 7) is 4.08. The van der Waals surface area contributed by atoms with Gasteiger partial charge in [-0.2, -0.15) is 0 Å². The molecule has 1 heterocycles. The third-order valence-electron chi connectivity index (χ3n) is 4.76. The molecule has 0 unspecified atom stereocenters. The number of nitrogens with one attached hydrogen (secondary N) is 1. The average molecular weight is 321 g/mol. The first kappa shape index (κ1) is 15.5. The van der Waals surface area contributed by atoms with E-state index in [0.717, 1.165) is 36.0 Å². The molecule has 1 aromatic carbocycles. The molecule has 1 saturated carbocycles. The van der Waals surface area contributed by atoms with Crippen LogP contribution in [0.2, 0.25) is 0 Å². The summed E-state index contributed by atoms with van der Waals surface area (Å²) in [5, 5.41) is 3.00. The molecule has 120 valence electrons. The van der Waals surface area contributed by atoms with Gasteiger partial charge >= 0.3 is 0 Å². The van der Waals surface area contributed by atoms with Gasteiger partial charge in [-0.1, -0.05) is 29.3 Å². The summed E-state index contributed by atoms with van der Waals surface area (Å²) in [4.78, 5) is 12.7.